The maximum absolute atomic E-state index is 10.4. The largest absolute Gasteiger partial charge is 0.481 e. The molecule has 0 aromatic carbocycles. The van der Waals surface area contributed by atoms with Crippen molar-refractivity contribution in [2.75, 3.05) is 0 Å². The molecule has 0 spiro atoms. The van der Waals surface area contributed by atoms with E-state index in [1.165, 1.54) is 64.2 Å². The highest BCUT2D eigenvalue weighted by Gasteiger charge is 1.97. The average molecular weight is 341 g/mol. The van der Waals surface area contributed by atoms with Gasteiger partial charge in [0.25, 0.3) is 0 Å². The van der Waals surface area contributed by atoms with Crippen LogP contribution in [0.2, 0.25) is 0 Å². The molecule has 0 atom stereocenters. The molecule has 0 radical (unpaired) electrons. The van der Waals surface area contributed by atoms with Crippen molar-refractivity contribution in [2.24, 2.45) is 0 Å². The molecule has 0 aromatic rings. The van der Waals surface area contributed by atoms with Gasteiger partial charge in [0.2, 0.25) is 0 Å². The molecule has 0 heterocycles. The molecule has 0 saturated carbocycles. The van der Waals surface area contributed by atoms with Crippen molar-refractivity contribution in [3.05, 3.63) is 12.2 Å². The van der Waals surface area contributed by atoms with Crippen LogP contribution in [0.25, 0.3) is 0 Å². The zero-order valence-corrected chi connectivity index (χ0v) is 15.2. The lowest BCUT2D eigenvalue weighted by Gasteiger charge is -2.02. The van der Waals surface area contributed by atoms with Crippen molar-refractivity contribution >= 4 is 11.9 Å². The maximum atomic E-state index is 10.4. The van der Waals surface area contributed by atoms with Crippen molar-refractivity contribution in [3.63, 3.8) is 0 Å². The van der Waals surface area contributed by atoms with E-state index in [1.54, 1.807) is 0 Å². The summed E-state index contributed by atoms with van der Waals surface area (Å²) < 4.78 is 0. The van der Waals surface area contributed by atoms with E-state index in [1.807, 2.05) is 6.08 Å². The molecule has 0 aliphatic rings. The van der Waals surface area contributed by atoms with Gasteiger partial charge in [-0.25, -0.2) is 0 Å². The van der Waals surface area contributed by atoms with Crippen molar-refractivity contribution in [2.45, 2.75) is 103 Å². The molecule has 4 heteroatoms. The summed E-state index contributed by atoms with van der Waals surface area (Å²) >= 11 is 0. The molecule has 0 saturated heterocycles. The van der Waals surface area contributed by atoms with Gasteiger partial charge >= 0.3 is 11.9 Å². The van der Waals surface area contributed by atoms with Crippen LogP contribution in [0.1, 0.15) is 103 Å². The Balaban J connectivity index is 3.07. The fraction of sp³-hybridized carbons (Fsp3) is 0.800. The highest BCUT2D eigenvalue weighted by Crippen LogP contribution is 2.13. The third-order valence-corrected chi connectivity index (χ3v) is 4.20. The number of unbranched alkanes of at least 4 members (excludes halogenated alkanes) is 12. The molecule has 0 rings (SSSR count). The van der Waals surface area contributed by atoms with E-state index in [2.05, 4.69) is 6.08 Å². The van der Waals surface area contributed by atoms with Crippen LogP contribution in [0, 0.1) is 0 Å². The van der Waals surface area contributed by atoms with Crippen molar-refractivity contribution in [1.29, 1.82) is 0 Å². The van der Waals surface area contributed by atoms with Crippen LogP contribution >= 0.6 is 0 Å². The molecule has 0 fully saturated rings. The van der Waals surface area contributed by atoms with Crippen LogP contribution in [0.15, 0.2) is 12.2 Å². The lowest BCUT2D eigenvalue weighted by atomic mass is 10.0. The van der Waals surface area contributed by atoms with Crippen LogP contribution in [-0.2, 0) is 9.59 Å². The van der Waals surface area contributed by atoms with Gasteiger partial charge in [-0.15, -0.1) is 0 Å². The quantitative estimate of drug-likeness (QED) is 0.239. The van der Waals surface area contributed by atoms with E-state index in [0.29, 0.717) is 12.8 Å². The van der Waals surface area contributed by atoms with Crippen molar-refractivity contribution < 1.29 is 19.8 Å². The number of hydrogen-bond donors (Lipinski definition) is 2. The Morgan fingerprint density at radius 3 is 1.33 bits per heavy atom. The van der Waals surface area contributed by atoms with E-state index in [-0.39, 0.29) is 6.42 Å². The Labute approximate surface area is 147 Å². The van der Waals surface area contributed by atoms with Gasteiger partial charge in [0.1, 0.15) is 0 Å². The second-order valence-electron chi connectivity index (χ2n) is 6.58. The smallest absolute Gasteiger partial charge is 0.303 e. The minimum absolute atomic E-state index is 0.235. The van der Waals surface area contributed by atoms with E-state index < -0.39 is 11.9 Å². The van der Waals surface area contributed by atoms with Gasteiger partial charge in [-0.1, -0.05) is 76.4 Å². The first-order valence-corrected chi connectivity index (χ1v) is 9.71. The summed E-state index contributed by atoms with van der Waals surface area (Å²) in [6.45, 7) is 0. The summed E-state index contributed by atoms with van der Waals surface area (Å²) in [7, 11) is 0. The molecule has 140 valence electrons. The topological polar surface area (TPSA) is 74.6 Å². The fourth-order valence-corrected chi connectivity index (χ4v) is 2.75. The predicted molar refractivity (Wildman–Crippen MR) is 98.3 cm³/mol. The third-order valence-electron chi connectivity index (χ3n) is 4.20. The summed E-state index contributed by atoms with van der Waals surface area (Å²) in [6.07, 6.45) is 21.0. The van der Waals surface area contributed by atoms with Gasteiger partial charge in [-0.3, -0.25) is 9.59 Å². The lowest BCUT2D eigenvalue weighted by molar-refractivity contribution is -0.138. The highest BCUT2D eigenvalue weighted by atomic mass is 16.4. The Kier molecular flexibility index (Phi) is 17.0. The molecule has 2 N–H and O–H groups in total. The second-order valence-corrected chi connectivity index (χ2v) is 6.58. The van der Waals surface area contributed by atoms with Gasteiger partial charge in [0.15, 0.2) is 0 Å². The van der Waals surface area contributed by atoms with Crippen LogP contribution in [0.3, 0.4) is 0 Å². The van der Waals surface area contributed by atoms with Crippen LogP contribution in [0.4, 0.5) is 0 Å². The zero-order chi connectivity index (χ0) is 17.9. The molecular formula is C20H36O4. The molecule has 0 bridgehead atoms. The first-order chi connectivity index (χ1) is 11.6. The number of carbonyl (C=O) groups is 2. The maximum Gasteiger partial charge on any atom is 0.303 e. The Morgan fingerprint density at radius 2 is 0.875 bits per heavy atom. The second kappa shape index (κ2) is 18.0. The SMILES string of the molecule is O=C(O)CC/C=C\CCCCCCCCCCCCCCC(=O)O. The van der Waals surface area contributed by atoms with Crippen molar-refractivity contribution in [1.82, 2.24) is 0 Å². The Hall–Kier alpha value is -1.32. The molecule has 0 aliphatic carbocycles. The molecule has 0 aliphatic heterocycles. The minimum Gasteiger partial charge on any atom is -0.481 e. The summed E-state index contributed by atoms with van der Waals surface area (Å²) in [5, 5.41) is 17.0. The highest BCUT2D eigenvalue weighted by molar-refractivity contribution is 5.66. The zero-order valence-electron chi connectivity index (χ0n) is 15.2. The first-order valence-electron chi connectivity index (χ1n) is 9.71. The van der Waals surface area contributed by atoms with Crippen LogP contribution in [-0.4, -0.2) is 22.2 Å². The first kappa shape index (κ1) is 22.7. The third kappa shape index (κ3) is 20.7. The standard InChI is InChI=1S/C20H36O4/c21-19(22)17-15-13-11-9-7-5-3-1-2-4-6-8-10-12-14-16-18-20(23)24/h11,13H,1-10,12,14-18H2,(H,21,22)(H,23,24)/b13-11-. The predicted octanol–water partition coefficient (Wildman–Crippen LogP) is 5.95. The monoisotopic (exact) mass is 340 g/mol. The normalized spacial score (nSPS) is 11.2. The summed E-state index contributed by atoms with van der Waals surface area (Å²) in [6, 6.07) is 0. The minimum atomic E-state index is -0.724. The van der Waals surface area contributed by atoms with Gasteiger partial charge < -0.3 is 10.2 Å². The lowest BCUT2D eigenvalue weighted by Crippen LogP contribution is -1.93. The van der Waals surface area contributed by atoms with Crippen molar-refractivity contribution in [3.8, 4) is 0 Å². The fourth-order valence-electron chi connectivity index (χ4n) is 2.75. The molecule has 24 heavy (non-hydrogen) atoms. The summed E-state index contributed by atoms with van der Waals surface area (Å²) in [5.41, 5.74) is 0. The van der Waals surface area contributed by atoms with E-state index in [9.17, 15) is 9.59 Å². The molecule has 0 aromatic heterocycles. The number of hydrogen-bond acceptors (Lipinski definition) is 2. The molecular weight excluding hydrogens is 304 g/mol. The average Bonchev–Trinajstić information content (AvgIpc) is 2.53. The van der Waals surface area contributed by atoms with E-state index in [0.717, 1.165) is 19.3 Å². The Morgan fingerprint density at radius 1 is 0.500 bits per heavy atom. The van der Waals surface area contributed by atoms with Gasteiger partial charge in [0.05, 0.1) is 0 Å². The van der Waals surface area contributed by atoms with E-state index >= 15 is 0 Å². The van der Waals surface area contributed by atoms with Crippen LogP contribution in [0.5, 0.6) is 0 Å². The summed E-state index contributed by atoms with van der Waals surface area (Å²) in [5.74, 6) is -1.40. The number of carboxylic acid groups (broad SMARTS) is 2. The number of rotatable bonds is 18. The number of aliphatic carboxylic acids is 2. The van der Waals surface area contributed by atoms with Gasteiger partial charge in [-0.2, -0.15) is 0 Å². The number of carboxylic acids is 2. The van der Waals surface area contributed by atoms with E-state index in [4.69, 9.17) is 10.2 Å². The van der Waals surface area contributed by atoms with Gasteiger partial charge in [0, 0.05) is 12.8 Å². The number of allylic oxidation sites excluding steroid dienone is 2. The molecule has 0 unspecified atom stereocenters. The summed E-state index contributed by atoms with van der Waals surface area (Å²) in [4.78, 5) is 20.7. The molecule has 4 nitrogen and oxygen atoms in total. The Bertz CT molecular complexity index is 337. The van der Waals surface area contributed by atoms with Gasteiger partial charge in [-0.05, 0) is 25.7 Å². The van der Waals surface area contributed by atoms with Crippen LogP contribution < -0.4 is 0 Å². The molecule has 0 amide bonds.